The van der Waals surface area contributed by atoms with Crippen LogP contribution in [0.3, 0.4) is 0 Å². The molecule has 6 heteroatoms. The molecule has 1 rings (SSSR count). The summed E-state index contributed by atoms with van der Waals surface area (Å²) in [6, 6.07) is 1.74. The largest absolute Gasteiger partial charge is 0.468 e. The summed E-state index contributed by atoms with van der Waals surface area (Å²) in [5.41, 5.74) is 0. The van der Waals surface area contributed by atoms with Gasteiger partial charge < -0.3 is 4.74 Å². The third-order valence-electron chi connectivity index (χ3n) is 1.16. The monoisotopic (exact) mass is 166 g/mol. The van der Waals surface area contributed by atoms with Crippen LogP contribution in [0.15, 0.2) is 6.33 Å². The number of carbonyl (C=O) groups is 1. The van der Waals surface area contributed by atoms with Crippen LogP contribution in [0.2, 0.25) is 0 Å². The molecular formula is C6H6N4O2. The van der Waals surface area contributed by atoms with Gasteiger partial charge in [-0.1, -0.05) is 0 Å². The highest BCUT2D eigenvalue weighted by Crippen LogP contribution is 1.87. The Morgan fingerprint density at radius 1 is 1.92 bits per heavy atom. The summed E-state index contributed by atoms with van der Waals surface area (Å²) >= 11 is 0. The maximum absolute atomic E-state index is 10.7. The summed E-state index contributed by atoms with van der Waals surface area (Å²) in [5.74, 6) is -0.386. The van der Waals surface area contributed by atoms with Crippen molar-refractivity contribution in [3.05, 3.63) is 12.2 Å². The zero-order valence-electron chi connectivity index (χ0n) is 6.39. The van der Waals surface area contributed by atoms with Crippen molar-refractivity contribution in [2.45, 2.75) is 6.54 Å². The van der Waals surface area contributed by atoms with Gasteiger partial charge in [-0.2, -0.15) is 5.26 Å². The number of hydrogen-bond donors (Lipinski definition) is 0. The van der Waals surface area contributed by atoms with Crippen LogP contribution in [0.25, 0.3) is 0 Å². The van der Waals surface area contributed by atoms with E-state index in [0.29, 0.717) is 0 Å². The second kappa shape index (κ2) is 3.48. The molecule has 0 atom stereocenters. The van der Waals surface area contributed by atoms with Crippen molar-refractivity contribution in [3.63, 3.8) is 0 Å². The number of nitriles is 1. The van der Waals surface area contributed by atoms with Crippen molar-refractivity contribution in [1.82, 2.24) is 14.8 Å². The third kappa shape index (κ3) is 1.79. The smallest absolute Gasteiger partial charge is 0.327 e. The lowest BCUT2D eigenvalue weighted by molar-refractivity contribution is -0.141. The first kappa shape index (κ1) is 8.20. The molecule has 0 aliphatic carbocycles. The number of esters is 1. The molecule has 1 heterocycles. The number of rotatable bonds is 2. The Bertz CT molecular complexity index is 325. The van der Waals surface area contributed by atoms with Crippen LogP contribution >= 0.6 is 0 Å². The lowest BCUT2D eigenvalue weighted by atomic mass is 10.7. The van der Waals surface area contributed by atoms with E-state index in [0.717, 1.165) is 0 Å². The van der Waals surface area contributed by atoms with Gasteiger partial charge in [0.1, 0.15) is 18.9 Å². The first-order valence-electron chi connectivity index (χ1n) is 3.12. The highest BCUT2D eigenvalue weighted by molar-refractivity contribution is 5.68. The Hall–Kier alpha value is -1.90. The van der Waals surface area contributed by atoms with Crippen LogP contribution < -0.4 is 0 Å². The summed E-state index contributed by atoms with van der Waals surface area (Å²) in [6.07, 6.45) is 1.30. The number of aromatic nitrogens is 3. The number of nitrogens with zero attached hydrogens (tertiary/aromatic N) is 4. The van der Waals surface area contributed by atoms with Crippen LogP contribution in [0, 0.1) is 11.3 Å². The first-order valence-corrected chi connectivity index (χ1v) is 3.12. The molecule has 0 amide bonds. The number of ether oxygens (including phenoxy) is 1. The molecule has 12 heavy (non-hydrogen) atoms. The Morgan fingerprint density at radius 3 is 3.17 bits per heavy atom. The first-order chi connectivity index (χ1) is 5.76. The van der Waals surface area contributed by atoms with Gasteiger partial charge in [0.2, 0.25) is 0 Å². The molecule has 0 radical (unpaired) electrons. The van der Waals surface area contributed by atoms with Crippen LogP contribution in [-0.2, 0) is 16.1 Å². The van der Waals surface area contributed by atoms with Crippen molar-refractivity contribution in [2.75, 3.05) is 7.11 Å². The summed E-state index contributed by atoms with van der Waals surface area (Å²) in [7, 11) is 1.28. The fourth-order valence-corrected chi connectivity index (χ4v) is 0.619. The summed E-state index contributed by atoms with van der Waals surface area (Å²) in [4.78, 5) is 14.3. The van der Waals surface area contributed by atoms with Crippen LogP contribution in [0.1, 0.15) is 5.82 Å². The van der Waals surface area contributed by atoms with Gasteiger partial charge in [0.25, 0.3) is 5.82 Å². The minimum atomic E-state index is -0.426. The van der Waals surface area contributed by atoms with Gasteiger partial charge in [-0.3, -0.25) is 4.79 Å². The van der Waals surface area contributed by atoms with Gasteiger partial charge in [-0.15, -0.1) is 5.10 Å². The van der Waals surface area contributed by atoms with E-state index >= 15 is 0 Å². The van der Waals surface area contributed by atoms with Crippen LogP contribution in [0.4, 0.5) is 0 Å². The predicted molar refractivity (Wildman–Crippen MR) is 36.8 cm³/mol. The molecule has 1 aromatic rings. The van der Waals surface area contributed by atoms with Crippen molar-refractivity contribution in [3.8, 4) is 6.07 Å². The van der Waals surface area contributed by atoms with E-state index in [9.17, 15) is 4.79 Å². The lowest BCUT2D eigenvalue weighted by Gasteiger charge is -1.96. The van der Waals surface area contributed by atoms with Gasteiger partial charge in [0.05, 0.1) is 7.11 Å². The quantitative estimate of drug-likeness (QED) is 0.544. The van der Waals surface area contributed by atoms with Crippen LogP contribution in [0.5, 0.6) is 0 Å². The molecule has 0 saturated heterocycles. The van der Waals surface area contributed by atoms with Crippen molar-refractivity contribution in [1.29, 1.82) is 5.26 Å². The molecule has 1 aromatic heterocycles. The molecule has 0 N–H and O–H groups in total. The molecule has 0 aromatic carbocycles. The highest BCUT2D eigenvalue weighted by Gasteiger charge is 2.03. The van der Waals surface area contributed by atoms with Crippen molar-refractivity contribution < 1.29 is 9.53 Å². The van der Waals surface area contributed by atoms with E-state index in [2.05, 4.69) is 14.8 Å². The third-order valence-corrected chi connectivity index (χ3v) is 1.16. The lowest BCUT2D eigenvalue weighted by Crippen LogP contribution is -2.11. The molecule has 0 aliphatic heterocycles. The standard InChI is InChI=1S/C6H6N4O2/c1-12-6(11)3-10-4-8-5(2-7)9-10/h4H,3H2,1H3. The van der Waals surface area contributed by atoms with Gasteiger partial charge in [0.15, 0.2) is 0 Å². The predicted octanol–water partition coefficient (Wildman–Crippen LogP) is -0.677. The van der Waals surface area contributed by atoms with E-state index in [-0.39, 0.29) is 12.4 Å². The Labute approximate surface area is 68.4 Å². The molecule has 0 bridgehead atoms. The van der Waals surface area contributed by atoms with Crippen molar-refractivity contribution >= 4 is 5.97 Å². The Balaban J connectivity index is 2.65. The summed E-state index contributed by atoms with van der Waals surface area (Å²) in [5, 5.41) is 12.0. The average molecular weight is 166 g/mol. The van der Waals surface area contributed by atoms with Gasteiger partial charge in [-0.05, 0) is 0 Å². The maximum atomic E-state index is 10.7. The van der Waals surface area contributed by atoms with Crippen molar-refractivity contribution in [2.24, 2.45) is 0 Å². The van der Waals surface area contributed by atoms with Gasteiger partial charge >= 0.3 is 5.97 Å². The number of methoxy groups -OCH3 is 1. The average Bonchev–Trinajstić information content (AvgIpc) is 2.52. The Morgan fingerprint density at radius 2 is 2.67 bits per heavy atom. The fourth-order valence-electron chi connectivity index (χ4n) is 0.619. The number of carbonyl (C=O) groups excluding carboxylic acids is 1. The topological polar surface area (TPSA) is 80.8 Å². The van der Waals surface area contributed by atoms with E-state index in [1.807, 2.05) is 0 Å². The minimum Gasteiger partial charge on any atom is -0.468 e. The van der Waals surface area contributed by atoms with E-state index in [1.54, 1.807) is 6.07 Å². The second-order valence-corrected chi connectivity index (χ2v) is 1.95. The van der Waals surface area contributed by atoms with Crippen LogP contribution in [-0.4, -0.2) is 27.8 Å². The number of hydrogen-bond acceptors (Lipinski definition) is 5. The highest BCUT2D eigenvalue weighted by atomic mass is 16.5. The second-order valence-electron chi connectivity index (χ2n) is 1.95. The molecule has 62 valence electrons. The van der Waals surface area contributed by atoms with E-state index in [1.165, 1.54) is 18.1 Å². The normalized spacial score (nSPS) is 9.00. The minimum absolute atomic E-state index is 0.0226. The molecule has 6 nitrogen and oxygen atoms in total. The fraction of sp³-hybridized carbons (Fsp3) is 0.333. The zero-order valence-corrected chi connectivity index (χ0v) is 6.39. The molecule has 0 saturated carbocycles. The molecule has 0 spiro atoms. The molecular weight excluding hydrogens is 160 g/mol. The van der Waals surface area contributed by atoms with Gasteiger partial charge in [0, 0.05) is 0 Å². The Kier molecular flexibility index (Phi) is 2.38. The maximum Gasteiger partial charge on any atom is 0.327 e. The summed E-state index contributed by atoms with van der Waals surface area (Å²) in [6.45, 7) is -0.0226. The summed E-state index contributed by atoms with van der Waals surface area (Å²) < 4.78 is 5.63. The molecule has 0 unspecified atom stereocenters. The van der Waals surface area contributed by atoms with E-state index < -0.39 is 5.97 Å². The van der Waals surface area contributed by atoms with E-state index in [4.69, 9.17) is 5.26 Å². The molecule has 0 fully saturated rings. The van der Waals surface area contributed by atoms with Gasteiger partial charge in [-0.25, -0.2) is 9.67 Å². The zero-order chi connectivity index (χ0) is 8.97. The SMILES string of the molecule is COC(=O)Cn1cnc(C#N)n1. The molecule has 0 aliphatic rings.